The number of benzene rings is 1. The molecule has 1 spiro atoms. The second-order valence-corrected chi connectivity index (χ2v) is 7.80. The molecule has 2 unspecified atom stereocenters. The van der Waals surface area contributed by atoms with E-state index in [1.54, 1.807) is 4.90 Å². The molecule has 3 fully saturated rings. The first-order valence-corrected chi connectivity index (χ1v) is 9.98. The van der Waals surface area contributed by atoms with E-state index in [0.29, 0.717) is 52.1 Å². The first-order valence-electron chi connectivity index (χ1n) is 9.98. The quantitative estimate of drug-likeness (QED) is 0.814. The zero-order valence-electron chi connectivity index (χ0n) is 16.1. The maximum absolute atomic E-state index is 13.0. The van der Waals surface area contributed by atoms with Crippen molar-refractivity contribution in [2.75, 3.05) is 37.7 Å². The van der Waals surface area contributed by atoms with Gasteiger partial charge in [0, 0.05) is 38.2 Å². The summed E-state index contributed by atoms with van der Waals surface area (Å²) in [6.07, 6.45) is 2.09. The summed E-state index contributed by atoms with van der Waals surface area (Å²) in [5.74, 6) is -0.651. The monoisotopic (exact) mass is 372 g/mol. The average molecular weight is 372 g/mol. The highest BCUT2D eigenvalue weighted by atomic mass is 16.7. The van der Waals surface area contributed by atoms with E-state index in [1.807, 2.05) is 43.0 Å². The van der Waals surface area contributed by atoms with E-state index in [-0.39, 0.29) is 23.7 Å². The number of carbonyl (C=O) groups is 2. The topological polar surface area (TPSA) is 59.1 Å². The van der Waals surface area contributed by atoms with E-state index in [0.717, 1.165) is 11.3 Å². The third-order valence-corrected chi connectivity index (χ3v) is 5.97. The molecule has 146 valence electrons. The molecule has 27 heavy (non-hydrogen) atoms. The minimum Gasteiger partial charge on any atom is -0.347 e. The number of rotatable bonds is 4. The van der Waals surface area contributed by atoms with Gasteiger partial charge in [-0.25, -0.2) is 0 Å². The second kappa shape index (κ2) is 7.24. The summed E-state index contributed by atoms with van der Waals surface area (Å²) >= 11 is 0. The molecule has 4 rings (SSSR count). The van der Waals surface area contributed by atoms with Crippen LogP contribution in [0.15, 0.2) is 24.3 Å². The molecular weight excluding hydrogens is 344 g/mol. The predicted molar refractivity (Wildman–Crippen MR) is 101 cm³/mol. The van der Waals surface area contributed by atoms with Gasteiger partial charge >= 0.3 is 0 Å². The zero-order chi connectivity index (χ0) is 19.0. The molecule has 1 aromatic carbocycles. The minimum atomic E-state index is -0.472. The molecule has 0 aromatic heterocycles. The summed E-state index contributed by atoms with van der Waals surface area (Å²) in [5.41, 5.74) is 2.04. The summed E-state index contributed by atoms with van der Waals surface area (Å²) in [7, 11) is 0. The lowest BCUT2D eigenvalue weighted by atomic mass is 10.0. The molecule has 0 N–H and O–H groups in total. The molecule has 1 saturated carbocycles. The number of amides is 2. The van der Waals surface area contributed by atoms with Gasteiger partial charge in [0.1, 0.15) is 0 Å². The number of aryl methyl sites for hydroxylation is 1. The molecule has 2 heterocycles. The van der Waals surface area contributed by atoms with Gasteiger partial charge in [0.25, 0.3) is 0 Å². The summed E-state index contributed by atoms with van der Waals surface area (Å²) in [4.78, 5) is 29.5. The molecule has 2 aliphatic heterocycles. The number of hydrogen-bond acceptors (Lipinski definition) is 4. The number of ether oxygens (including phenoxy) is 2. The Morgan fingerprint density at radius 1 is 1.19 bits per heavy atom. The summed E-state index contributed by atoms with van der Waals surface area (Å²) in [6.45, 7) is 7.17. The molecule has 6 nitrogen and oxygen atoms in total. The van der Waals surface area contributed by atoms with Crippen LogP contribution >= 0.6 is 0 Å². The highest BCUT2D eigenvalue weighted by molar-refractivity contribution is 6.01. The first-order chi connectivity index (χ1) is 13.0. The lowest BCUT2D eigenvalue weighted by Crippen LogP contribution is -2.48. The van der Waals surface area contributed by atoms with Gasteiger partial charge in [-0.1, -0.05) is 12.1 Å². The van der Waals surface area contributed by atoms with Crippen LogP contribution in [0.1, 0.15) is 31.7 Å². The van der Waals surface area contributed by atoms with Crippen molar-refractivity contribution in [1.82, 2.24) is 4.90 Å². The Hall–Kier alpha value is -1.92. The second-order valence-electron chi connectivity index (χ2n) is 7.80. The normalized spacial score (nSPS) is 26.2. The number of likely N-dealkylation sites (tertiary alicyclic amines) is 1. The lowest BCUT2D eigenvalue weighted by Gasteiger charge is -2.37. The van der Waals surface area contributed by atoms with Crippen LogP contribution in [0.2, 0.25) is 0 Å². The molecule has 3 aliphatic rings. The van der Waals surface area contributed by atoms with E-state index < -0.39 is 5.79 Å². The maximum atomic E-state index is 13.0. The van der Waals surface area contributed by atoms with Crippen LogP contribution in [0.3, 0.4) is 0 Å². The van der Waals surface area contributed by atoms with Gasteiger partial charge < -0.3 is 19.3 Å². The largest absolute Gasteiger partial charge is 0.347 e. The van der Waals surface area contributed by atoms with Crippen molar-refractivity contribution in [3.8, 4) is 0 Å². The fourth-order valence-electron chi connectivity index (χ4n) is 4.29. The Labute approximate surface area is 160 Å². The minimum absolute atomic E-state index is 0.0670. The van der Waals surface area contributed by atoms with E-state index in [9.17, 15) is 9.59 Å². The number of nitrogens with zero attached hydrogens (tertiary/aromatic N) is 2. The lowest BCUT2D eigenvalue weighted by molar-refractivity contribution is -0.187. The molecule has 2 atom stereocenters. The van der Waals surface area contributed by atoms with Gasteiger partial charge in [-0.15, -0.1) is 0 Å². The van der Waals surface area contributed by atoms with E-state index in [2.05, 4.69) is 0 Å². The Morgan fingerprint density at radius 3 is 2.52 bits per heavy atom. The van der Waals surface area contributed by atoms with E-state index in [4.69, 9.17) is 9.47 Å². The number of hydrogen-bond donors (Lipinski definition) is 0. The first kappa shape index (κ1) is 18.4. The number of carbonyl (C=O) groups excluding carboxylic acids is 2. The predicted octanol–water partition coefficient (Wildman–Crippen LogP) is 2.35. The molecule has 1 aromatic rings. The van der Waals surface area contributed by atoms with Crippen molar-refractivity contribution in [3.63, 3.8) is 0 Å². The van der Waals surface area contributed by atoms with Gasteiger partial charge in [-0.05, 0) is 38.0 Å². The van der Waals surface area contributed by atoms with Crippen molar-refractivity contribution in [1.29, 1.82) is 0 Å². The SMILES string of the molecule is CCN(C(=O)C1CC1C(=O)N1CCC2(CC1)OCCO2)c1cccc(C)c1. The summed E-state index contributed by atoms with van der Waals surface area (Å²) in [5, 5.41) is 0. The Morgan fingerprint density at radius 2 is 1.89 bits per heavy atom. The molecule has 0 bridgehead atoms. The Kier molecular flexibility index (Phi) is 4.95. The van der Waals surface area contributed by atoms with Crippen LogP contribution in [0, 0.1) is 18.8 Å². The Bertz CT molecular complexity index is 719. The fraction of sp³-hybridized carbons (Fsp3) is 0.619. The maximum Gasteiger partial charge on any atom is 0.230 e. The van der Waals surface area contributed by atoms with Crippen molar-refractivity contribution in [2.24, 2.45) is 11.8 Å². The van der Waals surface area contributed by atoms with Gasteiger partial charge in [-0.3, -0.25) is 9.59 Å². The zero-order valence-corrected chi connectivity index (χ0v) is 16.1. The van der Waals surface area contributed by atoms with Crippen molar-refractivity contribution < 1.29 is 19.1 Å². The van der Waals surface area contributed by atoms with Crippen LogP contribution in [0.25, 0.3) is 0 Å². The van der Waals surface area contributed by atoms with Crippen LogP contribution in [0.4, 0.5) is 5.69 Å². The van der Waals surface area contributed by atoms with Crippen LogP contribution in [0.5, 0.6) is 0 Å². The Balaban J connectivity index is 1.35. The fourth-order valence-corrected chi connectivity index (χ4v) is 4.29. The van der Waals surface area contributed by atoms with E-state index >= 15 is 0 Å². The van der Waals surface area contributed by atoms with Gasteiger partial charge in [-0.2, -0.15) is 0 Å². The van der Waals surface area contributed by atoms with Gasteiger partial charge in [0.2, 0.25) is 11.8 Å². The van der Waals surface area contributed by atoms with Gasteiger partial charge in [0.05, 0.1) is 25.0 Å². The third kappa shape index (κ3) is 3.60. The molecule has 0 radical (unpaired) electrons. The van der Waals surface area contributed by atoms with Crippen molar-refractivity contribution in [3.05, 3.63) is 29.8 Å². The highest BCUT2D eigenvalue weighted by Gasteiger charge is 2.52. The molecule has 2 amide bonds. The summed E-state index contributed by atoms with van der Waals surface area (Å²) < 4.78 is 11.5. The third-order valence-electron chi connectivity index (χ3n) is 5.97. The smallest absolute Gasteiger partial charge is 0.230 e. The summed E-state index contributed by atoms with van der Waals surface area (Å²) in [6, 6.07) is 7.96. The standard InChI is InChI=1S/C21H28N2O4/c1-3-23(16-6-4-5-15(2)13-16)20(25)18-14-17(18)19(24)22-9-7-21(8-10-22)26-11-12-27-21/h4-6,13,17-18H,3,7-12,14H2,1-2H3. The van der Waals surface area contributed by atoms with Crippen molar-refractivity contribution >= 4 is 17.5 Å². The van der Waals surface area contributed by atoms with Gasteiger partial charge in [0.15, 0.2) is 5.79 Å². The van der Waals surface area contributed by atoms with Crippen LogP contribution in [-0.2, 0) is 19.1 Å². The highest BCUT2D eigenvalue weighted by Crippen LogP contribution is 2.43. The number of anilines is 1. The molecule has 2 saturated heterocycles. The number of piperidine rings is 1. The average Bonchev–Trinajstić information content (AvgIpc) is 3.36. The van der Waals surface area contributed by atoms with Crippen molar-refractivity contribution in [2.45, 2.75) is 38.9 Å². The van der Waals surface area contributed by atoms with Crippen LogP contribution in [-0.4, -0.2) is 55.3 Å². The molecular formula is C21H28N2O4. The van der Waals surface area contributed by atoms with Crippen LogP contribution < -0.4 is 4.90 Å². The van der Waals surface area contributed by atoms with E-state index in [1.165, 1.54) is 0 Å². The molecule has 1 aliphatic carbocycles. The molecule has 6 heteroatoms.